The summed E-state index contributed by atoms with van der Waals surface area (Å²) in [6.07, 6.45) is 5.26. The van der Waals surface area contributed by atoms with Crippen LogP contribution in [0.1, 0.15) is 19.3 Å². The van der Waals surface area contributed by atoms with Crippen molar-refractivity contribution in [3.05, 3.63) is 12.2 Å². The third-order valence-corrected chi connectivity index (χ3v) is 4.69. The summed E-state index contributed by atoms with van der Waals surface area (Å²) in [5, 5.41) is 9.41. The molecule has 3 amide bonds. The number of aliphatic hydroxyl groups excluding tert-OH is 1. The van der Waals surface area contributed by atoms with Crippen LogP contribution in [0.5, 0.6) is 0 Å². The van der Waals surface area contributed by atoms with E-state index in [-0.39, 0.29) is 36.3 Å². The van der Waals surface area contributed by atoms with E-state index in [4.69, 9.17) is 0 Å². The lowest BCUT2D eigenvalue weighted by molar-refractivity contribution is -0.138. The van der Waals surface area contributed by atoms with Gasteiger partial charge in [-0.1, -0.05) is 12.2 Å². The summed E-state index contributed by atoms with van der Waals surface area (Å²) in [4.78, 5) is 39.2. The molecular formula is C14H18N2O4. The smallest absolute Gasteiger partial charge is 0.235 e. The third kappa shape index (κ3) is 1.71. The SMILES string of the molecule is CN1C(=O)[C@H]2[C@H](CC=C[C@H]2N2C(=O)CC[C@H]2CO)C1=O. The number of nitrogens with zero attached hydrogens (tertiary/aromatic N) is 2. The number of carbonyl (C=O) groups excluding carboxylic acids is 3. The van der Waals surface area contributed by atoms with Gasteiger partial charge in [0, 0.05) is 13.5 Å². The number of likely N-dealkylation sites (tertiary alicyclic amines) is 2. The first kappa shape index (κ1) is 13.3. The number of rotatable bonds is 2. The fraction of sp³-hybridized carbons (Fsp3) is 0.643. The van der Waals surface area contributed by atoms with E-state index >= 15 is 0 Å². The zero-order valence-corrected chi connectivity index (χ0v) is 11.4. The summed E-state index contributed by atoms with van der Waals surface area (Å²) >= 11 is 0. The van der Waals surface area contributed by atoms with E-state index < -0.39 is 12.0 Å². The van der Waals surface area contributed by atoms with Gasteiger partial charge in [-0.2, -0.15) is 0 Å². The second kappa shape index (κ2) is 4.70. The summed E-state index contributed by atoms with van der Waals surface area (Å²) in [7, 11) is 1.50. The number of hydrogen-bond acceptors (Lipinski definition) is 4. The van der Waals surface area contributed by atoms with Crippen LogP contribution in [0.4, 0.5) is 0 Å². The van der Waals surface area contributed by atoms with Crippen LogP contribution in [0.15, 0.2) is 12.2 Å². The minimum atomic E-state index is -0.492. The fourth-order valence-electron chi connectivity index (χ4n) is 3.64. The molecular weight excluding hydrogens is 260 g/mol. The Hall–Kier alpha value is -1.69. The van der Waals surface area contributed by atoms with Gasteiger partial charge in [0.25, 0.3) is 0 Å². The van der Waals surface area contributed by atoms with Gasteiger partial charge in [-0.3, -0.25) is 19.3 Å². The van der Waals surface area contributed by atoms with Crippen LogP contribution in [0.3, 0.4) is 0 Å². The number of aliphatic hydroxyl groups is 1. The highest BCUT2D eigenvalue weighted by atomic mass is 16.3. The molecule has 3 aliphatic rings. The van der Waals surface area contributed by atoms with E-state index in [0.29, 0.717) is 19.3 Å². The Kier molecular flexibility index (Phi) is 3.12. The number of fused-ring (bicyclic) bond motifs is 1. The van der Waals surface area contributed by atoms with Gasteiger partial charge in [0.2, 0.25) is 17.7 Å². The highest BCUT2D eigenvalue weighted by Crippen LogP contribution is 2.39. The third-order valence-electron chi connectivity index (χ3n) is 4.69. The van der Waals surface area contributed by atoms with Gasteiger partial charge in [-0.25, -0.2) is 0 Å². The van der Waals surface area contributed by atoms with Crippen LogP contribution in [-0.2, 0) is 14.4 Å². The van der Waals surface area contributed by atoms with Crippen molar-refractivity contribution in [2.75, 3.05) is 13.7 Å². The number of amides is 3. The van der Waals surface area contributed by atoms with Gasteiger partial charge in [-0.05, 0) is 12.8 Å². The van der Waals surface area contributed by atoms with Gasteiger partial charge < -0.3 is 10.0 Å². The Bertz CT molecular complexity index is 501. The lowest BCUT2D eigenvalue weighted by Gasteiger charge is -2.36. The maximum absolute atomic E-state index is 12.3. The maximum Gasteiger partial charge on any atom is 0.235 e. The van der Waals surface area contributed by atoms with Crippen molar-refractivity contribution in [2.45, 2.75) is 31.3 Å². The monoisotopic (exact) mass is 278 g/mol. The molecule has 0 aromatic rings. The Morgan fingerprint density at radius 3 is 2.75 bits per heavy atom. The predicted molar refractivity (Wildman–Crippen MR) is 69.3 cm³/mol. The van der Waals surface area contributed by atoms with Crippen molar-refractivity contribution in [3.63, 3.8) is 0 Å². The van der Waals surface area contributed by atoms with Crippen molar-refractivity contribution in [1.29, 1.82) is 0 Å². The number of hydrogen-bond donors (Lipinski definition) is 1. The topological polar surface area (TPSA) is 77.9 Å². The second-order valence-corrected chi connectivity index (χ2v) is 5.70. The number of allylic oxidation sites excluding steroid dienone is 1. The molecule has 108 valence electrons. The molecule has 0 radical (unpaired) electrons. The largest absolute Gasteiger partial charge is 0.394 e. The molecule has 0 saturated carbocycles. The molecule has 6 nitrogen and oxygen atoms in total. The fourth-order valence-corrected chi connectivity index (χ4v) is 3.64. The Balaban J connectivity index is 1.95. The summed E-state index contributed by atoms with van der Waals surface area (Å²) in [6.45, 7) is -0.106. The molecule has 1 N–H and O–H groups in total. The standard InChI is InChI=1S/C14H18N2O4/c1-15-13(19)9-3-2-4-10(12(9)14(15)20)16-8(7-17)5-6-11(16)18/h2,4,8-10,12,17H,3,5-7H2,1H3/t8-,9-,10+,12-/m0/s1. The molecule has 6 heteroatoms. The van der Waals surface area contributed by atoms with E-state index in [2.05, 4.69) is 0 Å². The van der Waals surface area contributed by atoms with E-state index in [0.717, 1.165) is 0 Å². The summed E-state index contributed by atoms with van der Waals surface area (Å²) in [5.74, 6) is -1.29. The van der Waals surface area contributed by atoms with Crippen LogP contribution in [0, 0.1) is 11.8 Å². The van der Waals surface area contributed by atoms with Crippen molar-refractivity contribution in [1.82, 2.24) is 9.80 Å². The molecule has 2 aliphatic heterocycles. The van der Waals surface area contributed by atoms with E-state index in [1.165, 1.54) is 11.9 Å². The maximum atomic E-state index is 12.3. The van der Waals surface area contributed by atoms with Gasteiger partial charge in [0.1, 0.15) is 0 Å². The lowest BCUT2D eigenvalue weighted by Crippen LogP contribution is -2.50. The van der Waals surface area contributed by atoms with Crippen LogP contribution in [-0.4, -0.2) is 58.4 Å². The average molecular weight is 278 g/mol. The minimum absolute atomic E-state index is 0.0471. The quantitative estimate of drug-likeness (QED) is 0.547. The summed E-state index contributed by atoms with van der Waals surface area (Å²) < 4.78 is 0. The van der Waals surface area contributed by atoms with E-state index in [1.54, 1.807) is 4.90 Å². The summed E-state index contributed by atoms with van der Waals surface area (Å²) in [6, 6.07) is -0.646. The van der Waals surface area contributed by atoms with Gasteiger partial charge in [0.15, 0.2) is 0 Å². The van der Waals surface area contributed by atoms with Crippen molar-refractivity contribution in [2.24, 2.45) is 11.8 Å². The molecule has 0 unspecified atom stereocenters. The molecule has 3 rings (SSSR count). The molecule has 2 heterocycles. The molecule has 2 saturated heterocycles. The van der Waals surface area contributed by atoms with Crippen molar-refractivity contribution >= 4 is 17.7 Å². The van der Waals surface area contributed by atoms with Gasteiger partial charge in [-0.15, -0.1) is 0 Å². The molecule has 4 atom stereocenters. The Morgan fingerprint density at radius 2 is 2.05 bits per heavy atom. The molecule has 0 bridgehead atoms. The predicted octanol–water partition coefficient (Wildman–Crippen LogP) is -0.471. The minimum Gasteiger partial charge on any atom is -0.394 e. The second-order valence-electron chi connectivity index (χ2n) is 5.70. The number of carbonyl (C=O) groups is 3. The summed E-state index contributed by atoms with van der Waals surface area (Å²) in [5.41, 5.74) is 0. The zero-order chi connectivity index (χ0) is 14.4. The first-order valence-corrected chi connectivity index (χ1v) is 6.96. The zero-order valence-electron chi connectivity index (χ0n) is 11.4. The lowest BCUT2D eigenvalue weighted by atomic mass is 9.80. The van der Waals surface area contributed by atoms with Crippen molar-refractivity contribution < 1.29 is 19.5 Å². The molecule has 0 spiro atoms. The van der Waals surface area contributed by atoms with Crippen LogP contribution in [0.25, 0.3) is 0 Å². The van der Waals surface area contributed by atoms with E-state index in [9.17, 15) is 19.5 Å². The number of imide groups is 1. The average Bonchev–Trinajstić information content (AvgIpc) is 2.93. The van der Waals surface area contributed by atoms with Crippen molar-refractivity contribution in [3.8, 4) is 0 Å². The van der Waals surface area contributed by atoms with Crippen LogP contribution < -0.4 is 0 Å². The molecule has 0 aromatic heterocycles. The van der Waals surface area contributed by atoms with E-state index in [1.807, 2.05) is 12.2 Å². The highest BCUT2D eigenvalue weighted by Gasteiger charge is 2.53. The molecule has 20 heavy (non-hydrogen) atoms. The van der Waals surface area contributed by atoms with Crippen LogP contribution in [0.2, 0.25) is 0 Å². The first-order valence-electron chi connectivity index (χ1n) is 6.96. The first-order chi connectivity index (χ1) is 9.56. The van der Waals surface area contributed by atoms with Gasteiger partial charge >= 0.3 is 0 Å². The highest BCUT2D eigenvalue weighted by molar-refractivity contribution is 6.05. The van der Waals surface area contributed by atoms with Gasteiger partial charge in [0.05, 0.1) is 30.5 Å². The Morgan fingerprint density at radius 1 is 1.30 bits per heavy atom. The Labute approximate surface area is 117 Å². The molecule has 2 fully saturated rings. The normalized spacial score (nSPS) is 37.0. The van der Waals surface area contributed by atoms with Crippen LogP contribution >= 0.6 is 0 Å². The molecule has 0 aromatic carbocycles. The molecule has 1 aliphatic carbocycles.